The number of rotatable bonds is 16. The normalized spacial score (nSPS) is 36.8. The van der Waals surface area contributed by atoms with Crippen molar-refractivity contribution in [2.45, 2.75) is 181 Å². The summed E-state index contributed by atoms with van der Waals surface area (Å²) in [5.41, 5.74) is 0.343. The van der Waals surface area contributed by atoms with Crippen LogP contribution in [0.4, 0.5) is 0 Å². The summed E-state index contributed by atoms with van der Waals surface area (Å²) in [6.45, 7) is 10.1. The lowest BCUT2D eigenvalue weighted by Gasteiger charge is -2.64. The van der Waals surface area contributed by atoms with Gasteiger partial charge in [-0.2, -0.15) is 0 Å². The molecule has 39 heavy (non-hydrogen) atoms. The molecule has 6 atom stereocenters. The maximum Gasteiger partial charge on any atom is 0.305 e. The third-order valence-electron chi connectivity index (χ3n) is 12.6. The number of aliphatic hydroxyl groups is 1. The van der Waals surface area contributed by atoms with Crippen molar-refractivity contribution in [1.29, 1.82) is 0 Å². The largest absolute Gasteiger partial charge is 0.463 e. The Balaban J connectivity index is 1.12. The lowest BCUT2D eigenvalue weighted by atomic mass is 9.41. The highest BCUT2D eigenvalue weighted by atomic mass is 16.5. The van der Waals surface area contributed by atoms with Gasteiger partial charge in [0.25, 0.3) is 0 Å². The van der Waals surface area contributed by atoms with Crippen LogP contribution >= 0.6 is 0 Å². The van der Waals surface area contributed by atoms with Gasteiger partial charge in [-0.1, -0.05) is 111 Å². The molecule has 4 fully saturated rings. The molecule has 0 radical (unpaired) electrons. The van der Waals surface area contributed by atoms with E-state index in [4.69, 9.17) is 4.74 Å². The molecular weight excluding hydrogens is 480 g/mol. The van der Waals surface area contributed by atoms with Crippen molar-refractivity contribution in [2.75, 3.05) is 6.61 Å². The van der Waals surface area contributed by atoms with Crippen LogP contribution in [0.2, 0.25) is 0 Å². The minimum absolute atomic E-state index is 0.0910. The molecule has 4 rings (SSSR count). The van der Waals surface area contributed by atoms with Crippen molar-refractivity contribution in [3.8, 4) is 0 Å². The number of unbranched alkanes of at least 4 members (excludes halogenated alkanes) is 12. The Morgan fingerprint density at radius 2 is 1.38 bits per heavy atom. The molecule has 0 aromatic carbocycles. The van der Waals surface area contributed by atoms with Gasteiger partial charge in [0.05, 0.1) is 0 Å². The summed E-state index contributed by atoms with van der Waals surface area (Å²) < 4.78 is 5.80. The highest BCUT2D eigenvalue weighted by Crippen LogP contribution is 2.72. The minimum Gasteiger partial charge on any atom is -0.463 e. The molecule has 4 aliphatic rings. The Bertz CT molecular complexity index is 775. The average Bonchev–Trinajstić information content (AvgIpc) is 3.09. The second kappa shape index (κ2) is 13.6. The van der Waals surface area contributed by atoms with E-state index in [2.05, 4.69) is 27.7 Å². The molecule has 0 heterocycles. The van der Waals surface area contributed by atoms with Crippen molar-refractivity contribution < 1.29 is 14.6 Å². The third-order valence-corrected chi connectivity index (χ3v) is 12.6. The summed E-state index contributed by atoms with van der Waals surface area (Å²) in [5, 5.41) is 11.8. The fourth-order valence-electron chi connectivity index (χ4n) is 10.7. The summed E-state index contributed by atoms with van der Waals surface area (Å²) >= 11 is 0. The number of fused-ring (bicyclic) bond motifs is 3. The fraction of sp³-hybridized carbons (Fsp3) is 0.972. The second-order valence-electron chi connectivity index (χ2n) is 15.8. The van der Waals surface area contributed by atoms with Gasteiger partial charge < -0.3 is 9.84 Å². The van der Waals surface area contributed by atoms with Gasteiger partial charge in [0.15, 0.2) is 0 Å². The van der Waals surface area contributed by atoms with Crippen LogP contribution in [0.25, 0.3) is 0 Å². The van der Waals surface area contributed by atoms with E-state index in [1.807, 2.05) is 0 Å². The molecule has 1 spiro atoms. The molecule has 3 nitrogen and oxygen atoms in total. The molecule has 226 valence electrons. The van der Waals surface area contributed by atoms with Crippen molar-refractivity contribution >= 4 is 5.97 Å². The van der Waals surface area contributed by atoms with E-state index in [1.54, 1.807) is 0 Å². The van der Waals surface area contributed by atoms with Crippen molar-refractivity contribution in [3.05, 3.63) is 0 Å². The first-order chi connectivity index (χ1) is 18.7. The number of esters is 1. The molecule has 2 bridgehead atoms. The van der Waals surface area contributed by atoms with E-state index in [0.717, 1.165) is 43.9 Å². The third kappa shape index (κ3) is 7.26. The van der Waals surface area contributed by atoms with E-state index < -0.39 is 5.60 Å². The maximum absolute atomic E-state index is 12.6. The highest BCUT2D eigenvalue weighted by molar-refractivity contribution is 5.69. The SMILES string of the molecule is CCCCCCCCCCCCCCCC(=O)OC[C@@]1(O)C[C@@]23CC[C@@H]4C(C)(C)CCC[C@@]4(C)[C@@H]2CC[C@H]1C3. The molecule has 0 aromatic rings. The first-order valence-corrected chi connectivity index (χ1v) is 17.5. The molecule has 4 aliphatic carbocycles. The van der Waals surface area contributed by atoms with Crippen LogP contribution in [-0.4, -0.2) is 23.3 Å². The molecule has 0 aromatic heterocycles. The summed E-state index contributed by atoms with van der Waals surface area (Å²) in [6.07, 6.45) is 28.7. The van der Waals surface area contributed by atoms with Gasteiger partial charge in [0.2, 0.25) is 0 Å². The predicted molar refractivity (Wildman–Crippen MR) is 163 cm³/mol. The van der Waals surface area contributed by atoms with E-state index in [0.29, 0.717) is 23.2 Å². The van der Waals surface area contributed by atoms with Crippen molar-refractivity contribution in [2.24, 2.45) is 34.0 Å². The summed E-state index contributed by atoms with van der Waals surface area (Å²) in [5.74, 6) is 1.77. The minimum atomic E-state index is -0.798. The molecule has 0 aliphatic heterocycles. The van der Waals surface area contributed by atoms with Gasteiger partial charge in [-0.3, -0.25) is 4.79 Å². The Hall–Kier alpha value is -0.570. The van der Waals surface area contributed by atoms with Crippen LogP contribution in [0.15, 0.2) is 0 Å². The number of hydrogen-bond acceptors (Lipinski definition) is 3. The summed E-state index contributed by atoms with van der Waals surface area (Å²) in [6, 6.07) is 0. The van der Waals surface area contributed by atoms with Crippen LogP contribution in [-0.2, 0) is 9.53 Å². The van der Waals surface area contributed by atoms with E-state index >= 15 is 0 Å². The zero-order valence-corrected chi connectivity index (χ0v) is 26.5. The molecule has 0 saturated heterocycles. The van der Waals surface area contributed by atoms with Gasteiger partial charge in [-0.05, 0) is 91.8 Å². The van der Waals surface area contributed by atoms with Gasteiger partial charge >= 0.3 is 5.97 Å². The molecule has 0 unspecified atom stereocenters. The van der Waals surface area contributed by atoms with E-state index in [9.17, 15) is 9.90 Å². The van der Waals surface area contributed by atoms with Crippen LogP contribution in [0.5, 0.6) is 0 Å². The molecule has 3 heteroatoms. The molecule has 0 amide bonds. The maximum atomic E-state index is 12.6. The van der Waals surface area contributed by atoms with Gasteiger partial charge in [0, 0.05) is 6.42 Å². The highest BCUT2D eigenvalue weighted by Gasteiger charge is 2.67. The Kier molecular flexibility index (Phi) is 10.9. The summed E-state index contributed by atoms with van der Waals surface area (Å²) in [7, 11) is 0. The number of carbonyl (C=O) groups excluding carboxylic acids is 1. The number of carbonyl (C=O) groups is 1. The lowest BCUT2D eigenvalue weighted by Crippen LogP contribution is -2.55. The van der Waals surface area contributed by atoms with Crippen LogP contribution in [0, 0.1) is 34.0 Å². The average molecular weight is 545 g/mol. The van der Waals surface area contributed by atoms with E-state index in [-0.39, 0.29) is 18.0 Å². The summed E-state index contributed by atoms with van der Waals surface area (Å²) in [4.78, 5) is 12.6. The van der Waals surface area contributed by atoms with E-state index in [1.165, 1.54) is 109 Å². The Morgan fingerprint density at radius 3 is 2.03 bits per heavy atom. The number of ether oxygens (including phenoxy) is 1. The lowest BCUT2D eigenvalue weighted by molar-refractivity contribution is -0.155. The Labute approximate surface area is 242 Å². The molecule has 1 N–H and O–H groups in total. The van der Waals surface area contributed by atoms with Gasteiger partial charge in [-0.25, -0.2) is 0 Å². The van der Waals surface area contributed by atoms with Crippen LogP contribution < -0.4 is 0 Å². The van der Waals surface area contributed by atoms with Crippen molar-refractivity contribution in [3.63, 3.8) is 0 Å². The first-order valence-electron chi connectivity index (χ1n) is 17.5. The smallest absolute Gasteiger partial charge is 0.305 e. The topological polar surface area (TPSA) is 46.5 Å². The van der Waals surface area contributed by atoms with Crippen LogP contribution in [0.3, 0.4) is 0 Å². The molecular formula is C36H64O3. The van der Waals surface area contributed by atoms with Crippen LogP contribution in [0.1, 0.15) is 175 Å². The quantitative estimate of drug-likeness (QED) is 0.155. The standard InChI is InChI=1S/C36H64O3/c1-5-6-7-8-9-10-11-12-13-14-15-16-17-19-32(37)39-28-36(38)27-35-25-22-30-33(2,3)23-18-24-34(30,4)31(35)21-20-29(36)26-35/h29-31,38H,5-28H2,1-4H3/t29-,30+,31-,34+,35-,36-/m0/s1. The van der Waals surface area contributed by atoms with Gasteiger partial charge in [0.1, 0.15) is 12.2 Å². The fourth-order valence-corrected chi connectivity index (χ4v) is 10.7. The molecule has 4 saturated carbocycles. The predicted octanol–water partition coefficient (Wildman–Crippen LogP) is 10.2. The Morgan fingerprint density at radius 1 is 0.769 bits per heavy atom. The first kappa shape index (κ1) is 31.4. The van der Waals surface area contributed by atoms with Crippen molar-refractivity contribution in [1.82, 2.24) is 0 Å². The van der Waals surface area contributed by atoms with Gasteiger partial charge in [-0.15, -0.1) is 0 Å². The number of hydrogen-bond donors (Lipinski definition) is 1. The zero-order valence-electron chi connectivity index (χ0n) is 26.5. The monoisotopic (exact) mass is 544 g/mol. The zero-order chi connectivity index (χ0) is 28.0. The second-order valence-corrected chi connectivity index (χ2v) is 15.8.